The molecule has 0 spiro atoms. The van der Waals surface area contributed by atoms with E-state index < -0.39 is 0 Å². The predicted molar refractivity (Wildman–Crippen MR) is 62.0 cm³/mol. The number of halogens is 1. The Morgan fingerprint density at radius 1 is 1.47 bits per heavy atom. The van der Waals surface area contributed by atoms with E-state index in [0.29, 0.717) is 22.6 Å². The molecule has 6 heteroatoms. The molecule has 17 heavy (non-hydrogen) atoms. The predicted octanol–water partition coefficient (Wildman–Crippen LogP) is 2.57. The van der Waals surface area contributed by atoms with Gasteiger partial charge in [0.15, 0.2) is 23.3 Å². The van der Waals surface area contributed by atoms with Crippen molar-refractivity contribution >= 4 is 11.6 Å². The molecule has 0 aromatic carbocycles. The summed E-state index contributed by atoms with van der Waals surface area (Å²) in [5, 5.41) is 4.11. The van der Waals surface area contributed by atoms with Gasteiger partial charge in [-0.2, -0.15) is 4.98 Å². The van der Waals surface area contributed by atoms with E-state index in [1.54, 1.807) is 6.20 Å². The fourth-order valence-electron chi connectivity index (χ4n) is 1.31. The SMILES string of the molecule is CCc1noc(COc2c(C)ccnc2Cl)n1. The van der Waals surface area contributed by atoms with Gasteiger partial charge in [-0.05, 0) is 18.6 Å². The van der Waals surface area contributed by atoms with Crippen LogP contribution in [0.25, 0.3) is 0 Å². The summed E-state index contributed by atoms with van der Waals surface area (Å²) in [4.78, 5) is 8.08. The van der Waals surface area contributed by atoms with Crippen molar-refractivity contribution in [3.63, 3.8) is 0 Å². The number of nitrogens with zero attached hydrogens (tertiary/aromatic N) is 3. The van der Waals surface area contributed by atoms with Crippen LogP contribution in [0.5, 0.6) is 5.75 Å². The van der Waals surface area contributed by atoms with E-state index in [1.165, 1.54) is 0 Å². The van der Waals surface area contributed by atoms with E-state index in [-0.39, 0.29) is 6.61 Å². The molecular formula is C11H12ClN3O2. The van der Waals surface area contributed by atoms with E-state index in [0.717, 1.165) is 12.0 Å². The molecule has 0 saturated carbocycles. The maximum atomic E-state index is 5.93. The molecule has 0 amide bonds. The largest absolute Gasteiger partial charge is 0.480 e. The highest BCUT2D eigenvalue weighted by molar-refractivity contribution is 6.30. The Kier molecular flexibility index (Phi) is 3.58. The fraction of sp³-hybridized carbons (Fsp3) is 0.364. The van der Waals surface area contributed by atoms with Gasteiger partial charge in [-0.15, -0.1) is 0 Å². The van der Waals surface area contributed by atoms with Gasteiger partial charge in [0.1, 0.15) is 0 Å². The normalized spacial score (nSPS) is 10.5. The number of aromatic nitrogens is 3. The van der Waals surface area contributed by atoms with Crippen LogP contribution in [0.15, 0.2) is 16.8 Å². The molecule has 0 fully saturated rings. The van der Waals surface area contributed by atoms with Crippen LogP contribution in [0.1, 0.15) is 24.2 Å². The van der Waals surface area contributed by atoms with Crippen molar-refractivity contribution in [3.05, 3.63) is 34.7 Å². The zero-order valence-electron chi connectivity index (χ0n) is 9.61. The van der Waals surface area contributed by atoms with E-state index in [2.05, 4.69) is 15.1 Å². The minimum Gasteiger partial charge on any atom is -0.480 e. The van der Waals surface area contributed by atoms with Gasteiger partial charge in [0.25, 0.3) is 5.89 Å². The zero-order chi connectivity index (χ0) is 12.3. The van der Waals surface area contributed by atoms with Crippen LogP contribution in [0.3, 0.4) is 0 Å². The number of ether oxygens (including phenoxy) is 1. The smallest absolute Gasteiger partial charge is 0.264 e. The summed E-state index contributed by atoms with van der Waals surface area (Å²) >= 11 is 5.93. The Bertz CT molecular complexity index is 493. The first-order valence-corrected chi connectivity index (χ1v) is 5.64. The van der Waals surface area contributed by atoms with Crippen molar-refractivity contribution in [3.8, 4) is 5.75 Å². The van der Waals surface area contributed by atoms with Gasteiger partial charge in [0.2, 0.25) is 0 Å². The van der Waals surface area contributed by atoms with Crippen molar-refractivity contribution in [2.75, 3.05) is 0 Å². The van der Waals surface area contributed by atoms with Gasteiger partial charge in [-0.25, -0.2) is 4.98 Å². The summed E-state index contributed by atoms with van der Waals surface area (Å²) < 4.78 is 10.5. The Morgan fingerprint density at radius 3 is 2.94 bits per heavy atom. The molecule has 0 radical (unpaired) electrons. The van der Waals surface area contributed by atoms with E-state index in [4.69, 9.17) is 20.9 Å². The van der Waals surface area contributed by atoms with Crippen molar-refractivity contribution in [2.24, 2.45) is 0 Å². The van der Waals surface area contributed by atoms with Crippen LogP contribution >= 0.6 is 11.6 Å². The van der Waals surface area contributed by atoms with Crippen LogP contribution < -0.4 is 4.74 Å². The van der Waals surface area contributed by atoms with Crippen molar-refractivity contribution < 1.29 is 9.26 Å². The standard InChI is InChI=1S/C11H12ClN3O2/c1-3-8-14-9(17-15-8)6-16-10-7(2)4-5-13-11(10)12/h4-5H,3,6H2,1-2H3. The van der Waals surface area contributed by atoms with Gasteiger partial charge in [0.05, 0.1) is 0 Å². The third-order valence-electron chi connectivity index (χ3n) is 2.22. The Hall–Kier alpha value is -1.62. The maximum absolute atomic E-state index is 5.93. The lowest BCUT2D eigenvalue weighted by atomic mass is 10.3. The average Bonchev–Trinajstić information content (AvgIpc) is 2.76. The second-order valence-corrected chi connectivity index (χ2v) is 3.85. The van der Waals surface area contributed by atoms with Crippen molar-refractivity contribution in [1.82, 2.24) is 15.1 Å². The second kappa shape index (κ2) is 5.14. The van der Waals surface area contributed by atoms with Crippen LogP contribution in [0.2, 0.25) is 5.15 Å². The van der Waals surface area contributed by atoms with Crippen molar-refractivity contribution in [2.45, 2.75) is 26.9 Å². The Labute approximate surface area is 104 Å². The third-order valence-corrected chi connectivity index (χ3v) is 2.49. The summed E-state index contributed by atoms with van der Waals surface area (Å²) in [6, 6.07) is 1.83. The van der Waals surface area contributed by atoms with Gasteiger partial charge < -0.3 is 9.26 Å². The van der Waals surface area contributed by atoms with Gasteiger partial charge >= 0.3 is 0 Å². The number of hydrogen-bond acceptors (Lipinski definition) is 5. The van der Waals surface area contributed by atoms with E-state index in [1.807, 2.05) is 19.9 Å². The van der Waals surface area contributed by atoms with Gasteiger partial charge in [-0.1, -0.05) is 23.7 Å². The molecule has 0 saturated heterocycles. The summed E-state index contributed by atoms with van der Waals surface area (Å²) in [6.07, 6.45) is 2.36. The van der Waals surface area contributed by atoms with E-state index >= 15 is 0 Å². The number of hydrogen-bond donors (Lipinski definition) is 0. The molecule has 0 N–H and O–H groups in total. The molecule has 90 valence electrons. The van der Waals surface area contributed by atoms with Gasteiger partial charge in [-0.3, -0.25) is 0 Å². The summed E-state index contributed by atoms with van der Waals surface area (Å²) in [5.41, 5.74) is 0.917. The number of rotatable bonds is 4. The molecule has 2 rings (SSSR count). The highest BCUT2D eigenvalue weighted by Crippen LogP contribution is 2.26. The van der Waals surface area contributed by atoms with Gasteiger partial charge in [0, 0.05) is 12.6 Å². The molecule has 2 aromatic heterocycles. The molecule has 0 aliphatic carbocycles. The second-order valence-electron chi connectivity index (χ2n) is 3.49. The first-order valence-electron chi connectivity index (χ1n) is 5.26. The lowest BCUT2D eigenvalue weighted by molar-refractivity contribution is 0.240. The highest BCUT2D eigenvalue weighted by atomic mass is 35.5. The first-order chi connectivity index (χ1) is 8.20. The van der Waals surface area contributed by atoms with Crippen molar-refractivity contribution in [1.29, 1.82) is 0 Å². The summed E-state index contributed by atoms with van der Waals surface area (Å²) in [6.45, 7) is 4.05. The zero-order valence-corrected chi connectivity index (χ0v) is 10.4. The molecule has 2 aromatic rings. The lowest BCUT2D eigenvalue weighted by Crippen LogP contribution is -1.99. The molecule has 2 heterocycles. The maximum Gasteiger partial charge on any atom is 0.264 e. The highest BCUT2D eigenvalue weighted by Gasteiger charge is 2.09. The Morgan fingerprint density at radius 2 is 2.29 bits per heavy atom. The molecule has 0 aliphatic rings. The Balaban J connectivity index is 2.07. The topological polar surface area (TPSA) is 61.0 Å². The van der Waals surface area contributed by atoms with Crippen LogP contribution in [0, 0.1) is 6.92 Å². The molecular weight excluding hydrogens is 242 g/mol. The average molecular weight is 254 g/mol. The first kappa shape index (κ1) is 11.9. The van der Waals surface area contributed by atoms with Crippen LogP contribution in [0.4, 0.5) is 0 Å². The summed E-state index contributed by atoms with van der Waals surface area (Å²) in [5.74, 6) is 1.64. The molecule has 0 aliphatic heterocycles. The monoisotopic (exact) mass is 253 g/mol. The van der Waals surface area contributed by atoms with E-state index in [9.17, 15) is 0 Å². The minimum absolute atomic E-state index is 0.194. The van der Waals surface area contributed by atoms with Crippen LogP contribution in [-0.4, -0.2) is 15.1 Å². The molecule has 0 atom stereocenters. The number of pyridine rings is 1. The molecule has 0 bridgehead atoms. The minimum atomic E-state index is 0.194. The number of aryl methyl sites for hydroxylation is 2. The third kappa shape index (κ3) is 2.74. The van der Waals surface area contributed by atoms with Crippen LogP contribution in [-0.2, 0) is 13.0 Å². The molecule has 5 nitrogen and oxygen atoms in total. The quantitative estimate of drug-likeness (QED) is 0.784. The summed E-state index contributed by atoms with van der Waals surface area (Å²) in [7, 11) is 0. The fourth-order valence-corrected chi connectivity index (χ4v) is 1.57. The lowest BCUT2D eigenvalue weighted by Gasteiger charge is -2.07. The molecule has 0 unspecified atom stereocenters.